The number of imidazole rings is 1. The standard InChI is InChI=1S/C27H28AsF3N7O/c1-17(2)21-13-22(34-16-33-21)19-3-4-20-23(12-19)36-26(35-20)28-24-11-18(5-6-32-24)15-37-7-9-38(10-8-37)25(39)14-27(29,30)31/h3-6,11-13,16-17H,7-10,14-15H2,1-2H3,(H,35,36). The average molecular weight is 598 g/mol. The second kappa shape index (κ2) is 11.4. The number of H-pyrrole nitrogens is 1. The number of nitrogens with zero attached hydrogens (tertiary/aromatic N) is 6. The van der Waals surface area contributed by atoms with Crippen LogP contribution in [0, 0.1) is 0 Å². The van der Waals surface area contributed by atoms with Crippen LogP contribution in [0.4, 0.5) is 13.2 Å². The number of fused-ring (bicyclic) bond motifs is 1. The number of hydrogen-bond donors (Lipinski definition) is 1. The van der Waals surface area contributed by atoms with Gasteiger partial charge >= 0.3 is 231 Å². The Bertz CT molecular complexity index is 1470. The van der Waals surface area contributed by atoms with Crippen LogP contribution in [0.3, 0.4) is 0 Å². The number of halogens is 3. The Morgan fingerprint density at radius 1 is 1.05 bits per heavy atom. The van der Waals surface area contributed by atoms with Crippen molar-refractivity contribution in [2.45, 2.75) is 38.9 Å². The molecule has 0 atom stereocenters. The van der Waals surface area contributed by atoms with Gasteiger partial charge in [-0.3, -0.25) is 0 Å². The van der Waals surface area contributed by atoms with Crippen LogP contribution >= 0.6 is 0 Å². The third-order valence-electron chi connectivity index (χ3n) is 6.56. The second-order valence-electron chi connectivity index (χ2n) is 9.86. The Labute approximate surface area is 230 Å². The molecule has 1 fully saturated rings. The molecule has 12 heteroatoms. The number of carbonyl (C=O) groups is 1. The van der Waals surface area contributed by atoms with E-state index in [1.54, 1.807) is 12.5 Å². The summed E-state index contributed by atoms with van der Waals surface area (Å²) in [4.78, 5) is 36.9. The van der Waals surface area contributed by atoms with Crippen LogP contribution in [0.1, 0.15) is 37.4 Å². The molecule has 1 aromatic carbocycles. The molecule has 4 heterocycles. The summed E-state index contributed by atoms with van der Waals surface area (Å²) in [6.07, 6.45) is -2.48. The van der Waals surface area contributed by atoms with Crippen LogP contribution in [0.2, 0.25) is 0 Å². The van der Waals surface area contributed by atoms with Gasteiger partial charge in [0.15, 0.2) is 0 Å². The van der Waals surface area contributed by atoms with Crippen LogP contribution in [0.5, 0.6) is 0 Å². The second-order valence-corrected chi connectivity index (χ2v) is 12.2. The van der Waals surface area contributed by atoms with Crippen molar-refractivity contribution < 1.29 is 18.0 Å². The Morgan fingerprint density at radius 2 is 1.85 bits per heavy atom. The summed E-state index contributed by atoms with van der Waals surface area (Å²) in [5.74, 6) is -0.536. The molecule has 39 heavy (non-hydrogen) atoms. The predicted octanol–water partition coefficient (Wildman–Crippen LogP) is 2.79. The van der Waals surface area contributed by atoms with Crippen molar-refractivity contribution in [3.63, 3.8) is 0 Å². The molecule has 0 unspecified atom stereocenters. The summed E-state index contributed by atoms with van der Waals surface area (Å²) >= 11 is -0.477. The summed E-state index contributed by atoms with van der Waals surface area (Å²) in [6.45, 7) is 6.53. The number of aromatic nitrogens is 5. The van der Waals surface area contributed by atoms with Crippen molar-refractivity contribution in [2.24, 2.45) is 0 Å². The fourth-order valence-electron chi connectivity index (χ4n) is 4.48. The van der Waals surface area contributed by atoms with Gasteiger partial charge in [-0.2, -0.15) is 0 Å². The van der Waals surface area contributed by atoms with Crippen molar-refractivity contribution in [3.8, 4) is 11.3 Å². The van der Waals surface area contributed by atoms with Gasteiger partial charge in [0, 0.05) is 0 Å². The number of benzene rings is 1. The first-order valence-corrected chi connectivity index (χ1v) is 14.6. The van der Waals surface area contributed by atoms with Gasteiger partial charge in [0.1, 0.15) is 0 Å². The Kier molecular flexibility index (Phi) is 8.00. The first-order valence-electron chi connectivity index (χ1n) is 12.7. The first kappa shape index (κ1) is 27.3. The summed E-state index contributed by atoms with van der Waals surface area (Å²) < 4.78 is 39.4. The van der Waals surface area contributed by atoms with E-state index in [4.69, 9.17) is 4.98 Å². The Balaban J connectivity index is 1.22. The van der Waals surface area contributed by atoms with E-state index in [0.29, 0.717) is 38.6 Å². The number of piperazine rings is 1. The SMILES string of the molecule is CC(C)c1cc(-c2ccc3nc([As]c4cc(CN5CCN(C(=O)CC(F)(F)F)CC5)ccn4)[nH]c3c2)ncn1. The van der Waals surface area contributed by atoms with Gasteiger partial charge in [-0.1, -0.05) is 0 Å². The van der Waals surface area contributed by atoms with E-state index in [0.717, 1.165) is 42.6 Å². The van der Waals surface area contributed by atoms with Crippen LogP contribution in [-0.4, -0.2) is 88.7 Å². The number of amides is 1. The molecule has 8 nitrogen and oxygen atoms in total. The topological polar surface area (TPSA) is 90.9 Å². The van der Waals surface area contributed by atoms with Crippen molar-refractivity contribution in [3.05, 3.63) is 60.2 Å². The molecule has 1 amide bonds. The monoisotopic (exact) mass is 598 g/mol. The third-order valence-corrected chi connectivity index (χ3v) is 8.44. The zero-order valence-electron chi connectivity index (χ0n) is 21.6. The van der Waals surface area contributed by atoms with Crippen molar-refractivity contribution in [2.75, 3.05) is 26.2 Å². The minimum absolute atomic E-state index is 0.299. The van der Waals surface area contributed by atoms with Gasteiger partial charge in [0.2, 0.25) is 0 Å². The molecule has 3 aromatic heterocycles. The van der Waals surface area contributed by atoms with E-state index in [9.17, 15) is 18.0 Å². The van der Waals surface area contributed by atoms with Crippen molar-refractivity contribution in [1.29, 1.82) is 0 Å². The number of pyridine rings is 1. The maximum absolute atomic E-state index is 12.5. The minimum atomic E-state index is -4.47. The number of carbonyl (C=O) groups excluding carboxylic acids is 1. The van der Waals surface area contributed by atoms with Gasteiger partial charge in [-0.25, -0.2) is 0 Å². The van der Waals surface area contributed by atoms with E-state index in [1.807, 2.05) is 24.3 Å². The molecule has 0 saturated carbocycles. The molecule has 4 aromatic rings. The van der Waals surface area contributed by atoms with E-state index in [-0.39, 0.29) is 0 Å². The van der Waals surface area contributed by atoms with E-state index < -0.39 is 34.3 Å². The average Bonchev–Trinajstić information content (AvgIpc) is 3.30. The maximum atomic E-state index is 12.5. The summed E-state index contributed by atoms with van der Waals surface area (Å²) in [6, 6.07) is 12.1. The summed E-state index contributed by atoms with van der Waals surface area (Å²) in [7, 11) is 0. The normalized spacial score (nSPS) is 15.2. The van der Waals surface area contributed by atoms with Crippen LogP contribution in [0.15, 0.2) is 48.9 Å². The van der Waals surface area contributed by atoms with E-state index in [1.165, 1.54) is 4.90 Å². The molecule has 1 radical (unpaired) electrons. The summed E-state index contributed by atoms with van der Waals surface area (Å²) in [5.41, 5.74) is 5.78. The van der Waals surface area contributed by atoms with Crippen molar-refractivity contribution in [1.82, 2.24) is 34.7 Å². The number of aromatic amines is 1. The molecule has 1 aliphatic heterocycles. The van der Waals surface area contributed by atoms with Crippen LogP contribution < -0.4 is 9.09 Å². The number of hydrogen-bond acceptors (Lipinski definition) is 6. The fourth-order valence-corrected chi connectivity index (χ4v) is 6.38. The zero-order chi connectivity index (χ0) is 27.6. The Hall–Kier alpha value is -3.30. The molecule has 1 N–H and O–H groups in total. The molecular formula is C27H28AsF3N7O. The van der Waals surface area contributed by atoms with Gasteiger partial charge in [-0.05, 0) is 0 Å². The molecule has 0 bridgehead atoms. The molecule has 0 spiro atoms. The van der Waals surface area contributed by atoms with Gasteiger partial charge in [0.25, 0.3) is 0 Å². The van der Waals surface area contributed by atoms with Gasteiger partial charge < -0.3 is 0 Å². The van der Waals surface area contributed by atoms with Gasteiger partial charge in [-0.15, -0.1) is 0 Å². The molecule has 0 aliphatic carbocycles. The quantitative estimate of drug-likeness (QED) is 0.329. The molecule has 1 saturated heterocycles. The van der Waals surface area contributed by atoms with Crippen molar-refractivity contribution >= 4 is 41.8 Å². The van der Waals surface area contributed by atoms with Crippen LogP contribution in [-0.2, 0) is 11.3 Å². The molecule has 1 aliphatic rings. The fraction of sp³-hybridized carbons (Fsp3) is 0.370. The first-order chi connectivity index (χ1) is 18.6. The van der Waals surface area contributed by atoms with Crippen LogP contribution in [0.25, 0.3) is 22.3 Å². The van der Waals surface area contributed by atoms with E-state index in [2.05, 4.69) is 50.8 Å². The predicted molar refractivity (Wildman–Crippen MR) is 143 cm³/mol. The molecule has 5 rings (SSSR count). The molecule has 203 valence electrons. The number of rotatable bonds is 7. The Morgan fingerprint density at radius 3 is 2.59 bits per heavy atom. The van der Waals surface area contributed by atoms with E-state index >= 15 is 0 Å². The zero-order valence-corrected chi connectivity index (χ0v) is 23.5. The third kappa shape index (κ3) is 7.02. The number of alkyl halides is 3. The van der Waals surface area contributed by atoms with Gasteiger partial charge in [0.05, 0.1) is 0 Å². The summed E-state index contributed by atoms with van der Waals surface area (Å²) in [5, 5.41) is 0. The molecular weight excluding hydrogens is 570 g/mol. The number of nitrogens with one attached hydrogen (secondary N) is 1.